The van der Waals surface area contributed by atoms with Crippen LogP contribution in [0.3, 0.4) is 0 Å². The first-order valence-corrected chi connectivity index (χ1v) is 7.69. The molecule has 2 nitrogen and oxygen atoms in total. The van der Waals surface area contributed by atoms with Crippen molar-refractivity contribution in [1.29, 1.82) is 0 Å². The van der Waals surface area contributed by atoms with Gasteiger partial charge in [0.25, 0.3) is 0 Å². The van der Waals surface area contributed by atoms with Crippen molar-refractivity contribution in [2.75, 3.05) is 13.1 Å². The number of halogens is 1. The minimum atomic E-state index is 0.400. The van der Waals surface area contributed by atoms with E-state index < -0.39 is 0 Å². The normalized spacial score (nSPS) is 20.4. The predicted octanol–water partition coefficient (Wildman–Crippen LogP) is 3.60. The smallest absolute Gasteiger partial charge is 0.104 e. The van der Waals surface area contributed by atoms with Crippen LogP contribution in [0.15, 0.2) is 18.2 Å². The lowest BCUT2D eigenvalue weighted by molar-refractivity contribution is 0.165. The quantitative estimate of drug-likeness (QED) is 0.861. The Hall–Kier alpha value is -0.640. The van der Waals surface area contributed by atoms with Gasteiger partial charge in [0.15, 0.2) is 0 Å². The van der Waals surface area contributed by atoms with Crippen molar-refractivity contribution in [2.24, 2.45) is 11.7 Å². The van der Waals surface area contributed by atoms with Crippen molar-refractivity contribution in [2.45, 2.75) is 32.7 Å². The van der Waals surface area contributed by atoms with Gasteiger partial charge in [0.1, 0.15) is 4.99 Å². The van der Waals surface area contributed by atoms with E-state index in [2.05, 4.69) is 11.8 Å². The van der Waals surface area contributed by atoms with Crippen molar-refractivity contribution in [3.05, 3.63) is 34.3 Å². The van der Waals surface area contributed by atoms with Gasteiger partial charge in [-0.25, -0.2) is 0 Å². The van der Waals surface area contributed by atoms with E-state index in [1.54, 1.807) is 0 Å². The molecule has 19 heavy (non-hydrogen) atoms. The van der Waals surface area contributed by atoms with Gasteiger partial charge in [0.05, 0.1) is 0 Å². The number of nitrogens with zero attached hydrogens (tertiary/aromatic N) is 1. The molecule has 0 bridgehead atoms. The predicted molar refractivity (Wildman–Crippen MR) is 85.6 cm³/mol. The summed E-state index contributed by atoms with van der Waals surface area (Å²) in [6.45, 7) is 5.55. The SMILES string of the molecule is CCC1CCCN(Cc2ccc(C(N)=S)cc2Cl)C1. The summed E-state index contributed by atoms with van der Waals surface area (Å²) in [4.78, 5) is 2.90. The van der Waals surface area contributed by atoms with Gasteiger partial charge in [-0.15, -0.1) is 0 Å². The van der Waals surface area contributed by atoms with Crippen LogP contribution in [0.4, 0.5) is 0 Å². The van der Waals surface area contributed by atoms with Crippen LogP contribution in [-0.4, -0.2) is 23.0 Å². The lowest BCUT2D eigenvalue weighted by Gasteiger charge is -2.32. The fourth-order valence-electron chi connectivity index (χ4n) is 2.70. The van der Waals surface area contributed by atoms with Gasteiger partial charge in [-0.2, -0.15) is 0 Å². The Labute approximate surface area is 125 Å². The summed E-state index contributed by atoms with van der Waals surface area (Å²) in [6, 6.07) is 5.89. The number of thiocarbonyl (C=S) groups is 1. The maximum Gasteiger partial charge on any atom is 0.104 e. The standard InChI is InChI=1S/C15H21ClN2S/c1-2-11-4-3-7-18(9-11)10-13-6-5-12(15(17)19)8-14(13)16/h5-6,8,11H,2-4,7,9-10H2,1H3,(H2,17,19). The molecule has 1 aliphatic heterocycles. The molecule has 1 aliphatic rings. The van der Waals surface area contributed by atoms with Crippen LogP contribution in [0.2, 0.25) is 5.02 Å². The summed E-state index contributed by atoms with van der Waals surface area (Å²) in [7, 11) is 0. The summed E-state index contributed by atoms with van der Waals surface area (Å²) in [5, 5.41) is 0.768. The molecule has 0 saturated carbocycles. The van der Waals surface area contributed by atoms with Crippen molar-refractivity contribution >= 4 is 28.8 Å². The van der Waals surface area contributed by atoms with Crippen LogP contribution in [0.5, 0.6) is 0 Å². The Bertz CT molecular complexity index is 461. The second-order valence-corrected chi connectivity index (χ2v) is 6.17. The molecule has 1 aromatic rings. The zero-order valence-electron chi connectivity index (χ0n) is 11.4. The van der Waals surface area contributed by atoms with Crippen molar-refractivity contribution < 1.29 is 0 Å². The number of rotatable bonds is 4. The summed E-state index contributed by atoms with van der Waals surface area (Å²) >= 11 is 11.3. The third-order valence-electron chi connectivity index (χ3n) is 3.91. The van der Waals surface area contributed by atoms with Crippen LogP contribution in [0, 0.1) is 5.92 Å². The first-order valence-electron chi connectivity index (χ1n) is 6.90. The van der Waals surface area contributed by atoms with Crippen LogP contribution in [0.1, 0.15) is 37.3 Å². The minimum Gasteiger partial charge on any atom is -0.389 e. The van der Waals surface area contributed by atoms with E-state index in [4.69, 9.17) is 29.6 Å². The highest BCUT2D eigenvalue weighted by molar-refractivity contribution is 7.80. The zero-order valence-corrected chi connectivity index (χ0v) is 12.9. The highest BCUT2D eigenvalue weighted by Gasteiger charge is 2.19. The van der Waals surface area contributed by atoms with E-state index in [1.165, 1.54) is 37.9 Å². The van der Waals surface area contributed by atoms with E-state index in [0.29, 0.717) is 4.99 Å². The van der Waals surface area contributed by atoms with E-state index in [0.717, 1.165) is 23.0 Å². The number of likely N-dealkylation sites (tertiary alicyclic amines) is 1. The van der Waals surface area contributed by atoms with Crippen molar-refractivity contribution in [1.82, 2.24) is 4.90 Å². The Balaban J connectivity index is 2.04. The summed E-state index contributed by atoms with van der Waals surface area (Å²) in [5.74, 6) is 0.836. The Kier molecular flexibility index (Phi) is 5.20. The summed E-state index contributed by atoms with van der Waals surface area (Å²) < 4.78 is 0. The Morgan fingerprint density at radius 3 is 2.95 bits per heavy atom. The van der Waals surface area contributed by atoms with Gasteiger partial charge in [0.2, 0.25) is 0 Å². The van der Waals surface area contributed by atoms with E-state index in [-0.39, 0.29) is 0 Å². The second-order valence-electron chi connectivity index (χ2n) is 5.32. The first-order chi connectivity index (χ1) is 9.10. The molecule has 0 amide bonds. The molecule has 2 rings (SSSR count). The number of hydrogen-bond donors (Lipinski definition) is 1. The molecule has 1 heterocycles. The second kappa shape index (κ2) is 6.69. The van der Waals surface area contributed by atoms with Crippen molar-refractivity contribution in [3.8, 4) is 0 Å². The molecule has 1 atom stereocenters. The van der Waals surface area contributed by atoms with Crippen LogP contribution >= 0.6 is 23.8 Å². The van der Waals surface area contributed by atoms with E-state index >= 15 is 0 Å². The fourth-order valence-corrected chi connectivity index (χ4v) is 3.07. The molecule has 1 aromatic carbocycles. The molecule has 0 aliphatic carbocycles. The number of nitrogens with two attached hydrogens (primary N) is 1. The largest absolute Gasteiger partial charge is 0.389 e. The lowest BCUT2D eigenvalue weighted by Crippen LogP contribution is -2.34. The maximum absolute atomic E-state index is 6.32. The molecule has 0 spiro atoms. The molecule has 2 N–H and O–H groups in total. The lowest BCUT2D eigenvalue weighted by atomic mass is 9.95. The Morgan fingerprint density at radius 2 is 2.32 bits per heavy atom. The van der Waals surface area contributed by atoms with Gasteiger partial charge >= 0.3 is 0 Å². The highest BCUT2D eigenvalue weighted by Crippen LogP contribution is 2.24. The minimum absolute atomic E-state index is 0.400. The van der Waals surface area contributed by atoms with Gasteiger partial charge in [-0.3, -0.25) is 4.90 Å². The van der Waals surface area contributed by atoms with Gasteiger partial charge in [-0.1, -0.05) is 49.3 Å². The molecule has 104 valence electrons. The fraction of sp³-hybridized carbons (Fsp3) is 0.533. The third-order valence-corrected chi connectivity index (χ3v) is 4.50. The average molecular weight is 297 g/mol. The first kappa shape index (κ1) is 14.8. The van der Waals surface area contributed by atoms with Gasteiger partial charge in [0, 0.05) is 23.7 Å². The van der Waals surface area contributed by atoms with Crippen LogP contribution in [-0.2, 0) is 6.54 Å². The molecule has 1 unspecified atom stereocenters. The highest BCUT2D eigenvalue weighted by atomic mass is 35.5. The summed E-state index contributed by atoms with van der Waals surface area (Å²) in [6.07, 6.45) is 3.92. The topological polar surface area (TPSA) is 29.3 Å². The average Bonchev–Trinajstić information content (AvgIpc) is 2.41. The molecule has 1 fully saturated rings. The number of benzene rings is 1. The van der Waals surface area contributed by atoms with Crippen molar-refractivity contribution in [3.63, 3.8) is 0 Å². The summed E-state index contributed by atoms with van der Waals surface area (Å²) in [5.41, 5.74) is 7.62. The molecular formula is C15H21ClN2S. The Morgan fingerprint density at radius 1 is 1.53 bits per heavy atom. The zero-order chi connectivity index (χ0) is 13.8. The third kappa shape index (κ3) is 3.91. The molecule has 1 saturated heterocycles. The van der Waals surface area contributed by atoms with Gasteiger partial charge < -0.3 is 5.73 Å². The maximum atomic E-state index is 6.32. The molecular weight excluding hydrogens is 276 g/mol. The van der Waals surface area contributed by atoms with Crippen LogP contribution < -0.4 is 5.73 Å². The van der Waals surface area contributed by atoms with E-state index in [9.17, 15) is 0 Å². The van der Waals surface area contributed by atoms with Crippen LogP contribution in [0.25, 0.3) is 0 Å². The molecule has 4 heteroatoms. The molecule has 0 aromatic heterocycles. The number of piperidine rings is 1. The molecule has 0 radical (unpaired) electrons. The number of hydrogen-bond acceptors (Lipinski definition) is 2. The van der Waals surface area contributed by atoms with E-state index in [1.807, 2.05) is 18.2 Å². The van der Waals surface area contributed by atoms with Gasteiger partial charge in [-0.05, 0) is 36.9 Å². The monoisotopic (exact) mass is 296 g/mol.